The third kappa shape index (κ3) is 4.46. The van der Waals surface area contributed by atoms with Gasteiger partial charge < -0.3 is 15.7 Å². The first-order valence-corrected chi connectivity index (χ1v) is 7.30. The van der Waals surface area contributed by atoms with Crippen LogP contribution in [0.2, 0.25) is 5.02 Å². The van der Waals surface area contributed by atoms with Gasteiger partial charge in [-0.2, -0.15) is 0 Å². The van der Waals surface area contributed by atoms with Crippen molar-refractivity contribution in [3.63, 3.8) is 0 Å². The number of halogens is 1. The van der Waals surface area contributed by atoms with E-state index in [1.165, 1.54) is 0 Å². The zero-order valence-corrected chi connectivity index (χ0v) is 12.2. The van der Waals surface area contributed by atoms with Crippen LogP contribution in [0.15, 0.2) is 24.3 Å². The number of benzene rings is 1. The maximum absolute atomic E-state index is 10.1. The van der Waals surface area contributed by atoms with E-state index in [0.29, 0.717) is 0 Å². The summed E-state index contributed by atoms with van der Waals surface area (Å²) < 4.78 is 0. The summed E-state index contributed by atoms with van der Waals surface area (Å²) in [4.78, 5) is 2.30. The Balaban J connectivity index is 1.83. The zero-order chi connectivity index (χ0) is 13.9. The summed E-state index contributed by atoms with van der Waals surface area (Å²) in [6.45, 7) is 4.65. The molecule has 0 spiro atoms. The van der Waals surface area contributed by atoms with Crippen molar-refractivity contribution in [1.29, 1.82) is 0 Å². The summed E-state index contributed by atoms with van der Waals surface area (Å²) in [5, 5.41) is 10.8. The molecular formula is C15H23ClN2O. The standard InChI is InChI=1S/C15H23ClN2O/c1-15(19)8-2-9-18(11-15)10-7-14(17)12-3-5-13(16)6-4-12/h3-6,14,19H,2,7-11,17H2,1H3. The molecule has 0 saturated carbocycles. The highest BCUT2D eigenvalue weighted by atomic mass is 35.5. The first-order valence-electron chi connectivity index (χ1n) is 6.92. The smallest absolute Gasteiger partial charge is 0.0746 e. The summed E-state index contributed by atoms with van der Waals surface area (Å²) in [5.74, 6) is 0. The van der Waals surface area contributed by atoms with Crippen LogP contribution in [0.4, 0.5) is 0 Å². The fourth-order valence-corrected chi connectivity index (χ4v) is 2.84. The van der Waals surface area contributed by atoms with Gasteiger partial charge in [0, 0.05) is 24.2 Å². The highest BCUT2D eigenvalue weighted by Crippen LogP contribution is 2.22. The van der Waals surface area contributed by atoms with Crippen LogP contribution in [0.5, 0.6) is 0 Å². The number of hydrogen-bond acceptors (Lipinski definition) is 3. The van der Waals surface area contributed by atoms with Crippen molar-refractivity contribution in [3.8, 4) is 0 Å². The predicted molar refractivity (Wildman–Crippen MR) is 79.3 cm³/mol. The molecule has 1 aliphatic heterocycles. The van der Waals surface area contributed by atoms with Crippen LogP contribution >= 0.6 is 11.6 Å². The summed E-state index contributed by atoms with van der Waals surface area (Å²) >= 11 is 5.87. The van der Waals surface area contributed by atoms with E-state index < -0.39 is 5.60 Å². The van der Waals surface area contributed by atoms with Crippen LogP contribution in [0, 0.1) is 0 Å². The first-order chi connectivity index (χ1) is 8.96. The largest absolute Gasteiger partial charge is 0.389 e. The van der Waals surface area contributed by atoms with E-state index in [1.54, 1.807) is 0 Å². The Labute approximate surface area is 120 Å². The number of piperidine rings is 1. The number of nitrogens with zero attached hydrogens (tertiary/aromatic N) is 1. The summed E-state index contributed by atoms with van der Waals surface area (Å²) in [5.41, 5.74) is 6.78. The van der Waals surface area contributed by atoms with Crippen molar-refractivity contribution in [3.05, 3.63) is 34.9 Å². The molecule has 19 heavy (non-hydrogen) atoms. The molecule has 3 nitrogen and oxygen atoms in total. The quantitative estimate of drug-likeness (QED) is 0.892. The molecule has 1 aliphatic rings. The number of nitrogens with two attached hydrogens (primary N) is 1. The van der Waals surface area contributed by atoms with Gasteiger partial charge in [0.1, 0.15) is 0 Å². The number of likely N-dealkylation sites (tertiary alicyclic amines) is 1. The molecule has 1 fully saturated rings. The minimum atomic E-state index is -0.539. The molecule has 0 aromatic heterocycles. The van der Waals surface area contributed by atoms with Crippen LogP contribution in [0.1, 0.15) is 37.8 Å². The molecule has 1 aromatic rings. The van der Waals surface area contributed by atoms with Crippen LogP contribution < -0.4 is 5.73 Å². The van der Waals surface area contributed by atoms with Gasteiger partial charge in [0.25, 0.3) is 0 Å². The lowest BCUT2D eigenvalue weighted by molar-refractivity contribution is -0.0161. The Morgan fingerprint density at radius 3 is 2.74 bits per heavy atom. The fraction of sp³-hybridized carbons (Fsp3) is 0.600. The number of rotatable bonds is 4. The van der Waals surface area contributed by atoms with Crippen molar-refractivity contribution >= 4 is 11.6 Å². The van der Waals surface area contributed by atoms with Crippen molar-refractivity contribution in [1.82, 2.24) is 4.90 Å². The second-order valence-corrected chi connectivity index (χ2v) is 6.26. The van der Waals surface area contributed by atoms with Crippen molar-refractivity contribution in [2.24, 2.45) is 5.73 Å². The zero-order valence-electron chi connectivity index (χ0n) is 11.5. The topological polar surface area (TPSA) is 49.5 Å². The molecule has 4 heteroatoms. The molecule has 2 rings (SSSR count). The van der Waals surface area contributed by atoms with Gasteiger partial charge in [-0.05, 0) is 50.4 Å². The van der Waals surface area contributed by atoms with Crippen LogP contribution in [-0.2, 0) is 0 Å². The molecule has 1 saturated heterocycles. The van der Waals surface area contributed by atoms with E-state index in [1.807, 2.05) is 31.2 Å². The lowest BCUT2D eigenvalue weighted by Crippen LogP contribution is -2.46. The summed E-state index contributed by atoms with van der Waals surface area (Å²) in [6.07, 6.45) is 2.85. The molecule has 3 N–H and O–H groups in total. The summed E-state index contributed by atoms with van der Waals surface area (Å²) in [6, 6.07) is 7.76. The number of aliphatic hydroxyl groups is 1. The van der Waals surface area contributed by atoms with E-state index in [4.69, 9.17) is 17.3 Å². The molecule has 0 aliphatic carbocycles. The first kappa shape index (κ1) is 14.8. The monoisotopic (exact) mass is 282 g/mol. The Morgan fingerprint density at radius 2 is 2.11 bits per heavy atom. The Morgan fingerprint density at radius 1 is 1.42 bits per heavy atom. The minimum Gasteiger partial charge on any atom is -0.389 e. The van der Waals surface area contributed by atoms with Crippen LogP contribution in [0.3, 0.4) is 0 Å². The Hall–Kier alpha value is -0.610. The van der Waals surface area contributed by atoms with E-state index in [-0.39, 0.29) is 6.04 Å². The third-order valence-electron chi connectivity index (χ3n) is 3.81. The second kappa shape index (κ2) is 6.23. The van der Waals surface area contributed by atoms with Gasteiger partial charge in [-0.15, -0.1) is 0 Å². The SMILES string of the molecule is CC1(O)CCCN(CCC(N)c2ccc(Cl)cc2)C1. The van der Waals surface area contributed by atoms with E-state index in [9.17, 15) is 5.11 Å². The average Bonchev–Trinajstić information content (AvgIpc) is 2.36. The van der Waals surface area contributed by atoms with Crippen molar-refractivity contribution in [2.45, 2.75) is 37.8 Å². The molecule has 2 unspecified atom stereocenters. The highest BCUT2D eigenvalue weighted by Gasteiger charge is 2.28. The average molecular weight is 283 g/mol. The van der Waals surface area contributed by atoms with Crippen molar-refractivity contribution in [2.75, 3.05) is 19.6 Å². The van der Waals surface area contributed by atoms with E-state index in [2.05, 4.69) is 4.90 Å². The van der Waals surface area contributed by atoms with Gasteiger partial charge in [-0.1, -0.05) is 23.7 Å². The second-order valence-electron chi connectivity index (χ2n) is 5.82. The third-order valence-corrected chi connectivity index (χ3v) is 4.06. The van der Waals surface area contributed by atoms with E-state index >= 15 is 0 Å². The number of hydrogen-bond donors (Lipinski definition) is 2. The molecule has 1 aromatic carbocycles. The van der Waals surface area contributed by atoms with Gasteiger partial charge in [-0.25, -0.2) is 0 Å². The predicted octanol–water partition coefficient (Wildman–Crippen LogP) is 2.58. The number of β-amino-alcohol motifs (C(OH)–C–C–N with tert-alkyl or cyclic N) is 1. The van der Waals surface area contributed by atoms with Gasteiger partial charge in [0.05, 0.1) is 5.60 Å². The van der Waals surface area contributed by atoms with Gasteiger partial charge in [0.15, 0.2) is 0 Å². The highest BCUT2D eigenvalue weighted by molar-refractivity contribution is 6.30. The lowest BCUT2D eigenvalue weighted by atomic mass is 9.94. The molecular weight excluding hydrogens is 260 g/mol. The molecule has 1 heterocycles. The Kier molecular flexibility index (Phi) is 4.85. The summed E-state index contributed by atoms with van der Waals surface area (Å²) in [7, 11) is 0. The molecule has 0 bridgehead atoms. The molecule has 0 radical (unpaired) electrons. The Bertz CT molecular complexity index is 405. The van der Waals surface area contributed by atoms with Gasteiger partial charge >= 0.3 is 0 Å². The molecule has 2 atom stereocenters. The maximum Gasteiger partial charge on any atom is 0.0746 e. The van der Waals surface area contributed by atoms with Crippen molar-refractivity contribution < 1.29 is 5.11 Å². The maximum atomic E-state index is 10.1. The van der Waals surface area contributed by atoms with Crippen LogP contribution in [-0.4, -0.2) is 35.2 Å². The fourth-order valence-electron chi connectivity index (χ4n) is 2.71. The van der Waals surface area contributed by atoms with E-state index in [0.717, 1.165) is 49.5 Å². The van der Waals surface area contributed by atoms with Gasteiger partial charge in [-0.3, -0.25) is 0 Å². The normalized spacial score (nSPS) is 26.3. The molecule has 106 valence electrons. The van der Waals surface area contributed by atoms with Gasteiger partial charge in [0.2, 0.25) is 0 Å². The molecule has 0 amide bonds. The lowest BCUT2D eigenvalue weighted by Gasteiger charge is -2.37. The minimum absolute atomic E-state index is 0.0316. The van der Waals surface area contributed by atoms with Crippen LogP contribution in [0.25, 0.3) is 0 Å².